The number of aryl methyl sites for hydroxylation is 1. The van der Waals surface area contributed by atoms with Crippen molar-refractivity contribution < 1.29 is 9.53 Å². The van der Waals surface area contributed by atoms with Gasteiger partial charge in [0.25, 0.3) is 11.5 Å². The minimum absolute atomic E-state index is 0.291. The van der Waals surface area contributed by atoms with Crippen molar-refractivity contribution in [2.45, 2.75) is 13.3 Å². The number of rotatable bonds is 6. The van der Waals surface area contributed by atoms with Gasteiger partial charge in [0.2, 0.25) is 0 Å². The zero-order valence-electron chi connectivity index (χ0n) is 20.3. The Morgan fingerprint density at radius 1 is 1.05 bits per heavy atom. The molecule has 1 amide bonds. The second kappa shape index (κ2) is 9.60. The highest BCUT2D eigenvalue weighted by Crippen LogP contribution is 2.30. The van der Waals surface area contributed by atoms with Gasteiger partial charge in [-0.2, -0.15) is 5.10 Å². The van der Waals surface area contributed by atoms with E-state index in [0.717, 1.165) is 26.9 Å². The van der Waals surface area contributed by atoms with Crippen LogP contribution in [0.25, 0.3) is 38.6 Å². The lowest BCUT2D eigenvalue weighted by atomic mass is 10.0. The van der Waals surface area contributed by atoms with Crippen LogP contribution in [-0.4, -0.2) is 36.8 Å². The lowest BCUT2D eigenvalue weighted by molar-refractivity contribution is -0.119. The Balaban J connectivity index is 1.30. The van der Waals surface area contributed by atoms with Crippen LogP contribution in [0.15, 0.2) is 84.0 Å². The Labute approximate surface area is 221 Å². The molecular weight excluding hydrogens is 504 g/mol. The summed E-state index contributed by atoms with van der Waals surface area (Å²) < 4.78 is 8.48. The maximum Gasteiger partial charge on any atom is 0.280 e. The van der Waals surface area contributed by atoms with Gasteiger partial charge in [-0.15, -0.1) is 0 Å². The number of para-hydroxylation sites is 1. The third kappa shape index (κ3) is 4.12. The predicted molar refractivity (Wildman–Crippen MR) is 146 cm³/mol. The summed E-state index contributed by atoms with van der Waals surface area (Å²) in [5.74, 6) is -0.0107. The number of hydrogen-bond donors (Lipinski definition) is 1. The molecule has 0 aliphatic rings. The number of aromatic nitrogens is 5. The van der Waals surface area contributed by atoms with Crippen LogP contribution in [-0.2, 0) is 11.2 Å². The van der Waals surface area contributed by atoms with Crippen LogP contribution in [0.3, 0.4) is 0 Å². The van der Waals surface area contributed by atoms with Gasteiger partial charge in [0, 0.05) is 34.6 Å². The number of ether oxygens (including phenoxy) is 1. The summed E-state index contributed by atoms with van der Waals surface area (Å²) in [6.07, 6.45) is 5.35. The zero-order valence-corrected chi connectivity index (χ0v) is 21.0. The number of hydrogen-bond acceptors (Lipinski definition) is 6. The van der Waals surface area contributed by atoms with Crippen LogP contribution in [0.4, 0.5) is 0 Å². The number of halogens is 1. The number of fused-ring (bicyclic) bond motifs is 4. The van der Waals surface area contributed by atoms with Crippen molar-refractivity contribution in [2.24, 2.45) is 0 Å². The van der Waals surface area contributed by atoms with Crippen molar-refractivity contribution >= 4 is 45.0 Å². The second-order valence-electron chi connectivity index (χ2n) is 8.62. The molecule has 0 aliphatic heterocycles. The maximum absolute atomic E-state index is 13.2. The number of pyridine rings is 2. The molecule has 4 heterocycles. The summed E-state index contributed by atoms with van der Waals surface area (Å²) in [5.41, 5.74) is 6.70. The summed E-state index contributed by atoms with van der Waals surface area (Å²) >= 11 is 6.07. The van der Waals surface area contributed by atoms with E-state index in [1.165, 1.54) is 12.4 Å². The fourth-order valence-corrected chi connectivity index (χ4v) is 4.59. The monoisotopic (exact) mass is 524 g/mol. The van der Waals surface area contributed by atoms with Gasteiger partial charge in [-0.25, -0.2) is 14.2 Å². The van der Waals surface area contributed by atoms with Crippen LogP contribution in [0.1, 0.15) is 12.6 Å². The summed E-state index contributed by atoms with van der Waals surface area (Å²) in [6, 6.07) is 18.4. The highest BCUT2D eigenvalue weighted by atomic mass is 35.5. The fraction of sp³-hybridized carbons (Fsp3) is 0.107. The minimum atomic E-state index is -0.495. The number of nitrogens with one attached hydrogen (secondary N) is 1. The van der Waals surface area contributed by atoms with Crippen LogP contribution in [0, 0.1) is 0 Å². The molecule has 0 spiro atoms. The number of benzene rings is 2. The van der Waals surface area contributed by atoms with E-state index in [0.29, 0.717) is 39.3 Å². The van der Waals surface area contributed by atoms with Gasteiger partial charge in [-0.05, 0) is 42.3 Å². The molecule has 188 valence electrons. The van der Waals surface area contributed by atoms with Crippen LogP contribution >= 0.6 is 11.6 Å². The van der Waals surface area contributed by atoms with Gasteiger partial charge < -0.3 is 4.74 Å². The lowest BCUT2D eigenvalue weighted by Crippen LogP contribution is -2.35. The molecule has 0 unspecified atom stereocenters. The van der Waals surface area contributed by atoms with Gasteiger partial charge in [-0.1, -0.05) is 48.9 Å². The number of carbonyl (C=O) groups is 1. The molecule has 10 heteroatoms. The first-order chi connectivity index (χ1) is 18.5. The van der Waals surface area contributed by atoms with E-state index < -0.39 is 11.5 Å². The molecule has 0 bridgehead atoms. The molecule has 0 aliphatic carbocycles. The minimum Gasteiger partial charge on any atom is -0.481 e. The quantitative estimate of drug-likeness (QED) is 0.341. The Hall–Kier alpha value is -4.76. The van der Waals surface area contributed by atoms with E-state index in [-0.39, 0.29) is 6.61 Å². The third-order valence-electron chi connectivity index (χ3n) is 6.25. The molecule has 6 rings (SSSR count). The molecule has 0 atom stereocenters. The van der Waals surface area contributed by atoms with Gasteiger partial charge >= 0.3 is 0 Å². The molecule has 4 aromatic heterocycles. The summed E-state index contributed by atoms with van der Waals surface area (Å²) in [5, 5.41) is 6.59. The van der Waals surface area contributed by atoms with E-state index in [4.69, 9.17) is 21.4 Å². The third-order valence-corrected chi connectivity index (χ3v) is 6.50. The SMILES string of the molecule is CCc1nn2c(ncc3c(=O)n(NC(=O)COc4cccc5cccnc45)ccc32)c1-c1ccc(Cl)cc1. The van der Waals surface area contributed by atoms with E-state index in [1.54, 1.807) is 22.8 Å². The van der Waals surface area contributed by atoms with Crippen LogP contribution in [0.5, 0.6) is 5.75 Å². The molecule has 0 fully saturated rings. The number of carbonyl (C=O) groups excluding carboxylic acids is 1. The van der Waals surface area contributed by atoms with Crippen molar-refractivity contribution in [2.75, 3.05) is 12.0 Å². The first-order valence-corrected chi connectivity index (χ1v) is 12.4. The van der Waals surface area contributed by atoms with Crippen molar-refractivity contribution in [3.05, 3.63) is 100 Å². The molecule has 6 aromatic rings. The van der Waals surface area contributed by atoms with E-state index in [9.17, 15) is 9.59 Å². The molecule has 1 N–H and O–H groups in total. The Bertz CT molecular complexity index is 1890. The summed E-state index contributed by atoms with van der Waals surface area (Å²) in [4.78, 5) is 34.8. The van der Waals surface area contributed by atoms with Gasteiger partial charge in [0.15, 0.2) is 12.3 Å². The molecule has 2 aromatic carbocycles. The molecule has 9 nitrogen and oxygen atoms in total. The first kappa shape index (κ1) is 23.6. The van der Waals surface area contributed by atoms with E-state index in [1.807, 2.05) is 55.5 Å². The second-order valence-corrected chi connectivity index (χ2v) is 9.06. The Kier molecular flexibility index (Phi) is 5.97. The fourth-order valence-electron chi connectivity index (χ4n) is 4.46. The molecule has 0 saturated heterocycles. The Morgan fingerprint density at radius 3 is 2.68 bits per heavy atom. The Morgan fingerprint density at radius 2 is 1.87 bits per heavy atom. The molecule has 0 radical (unpaired) electrons. The average molecular weight is 525 g/mol. The highest BCUT2D eigenvalue weighted by Gasteiger charge is 2.18. The lowest BCUT2D eigenvalue weighted by Gasteiger charge is -2.11. The van der Waals surface area contributed by atoms with E-state index >= 15 is 0 Å². The van der Waals surface area contributed by atoms with Crippen molar-refractivity contribution in [1.82, 2.24) is 24.3 Å². The number of amides is 1. The predicted octanol–water partition coefficient (Wildman–Crippen LogP) is 4.62. The standard InChI is InChI=1S/C28H21ClN6O3/c1-2-21-25(17-8-10-19(29)11-9-17)27-31-15-20-22(35(27)32-21)12-14-34(28(20)37)33-24(36)16-38-23-7-3-5-18-6-4-13-30-26(18)23/h3-15H,2,16H2,1H3,(H,33,36). The van der Waals surface area contributed by atoms with Crippen LogP contribution in [0.2, 0.25) is 5.02 Å². The first-order valence-electron chi connectivity index (χ1n) is 12.0. The van der Waals surface area contributed by atoms with Crippen molar-refractivity contribution in [1.29, 1.82) is 0 Å². The zero-order chi connectivity index (χ0) is 26.2. The molecule has 0 saturated carbocycles. The maximum atomic E-state index is 13.2. The van der Waals surface area contributed by atoms with Crippen molar-refractivity contribution in [3.63, 3.8) is 0 Å². The largest absolute Gasteiger partial charge is 0.481 e. The average Bonchev–Trinajstić information content (AvgIpc) is 3.33. The topological polar surface area (TPSA) is 103 Å². The van der Waals surface area contributed by atoms with Crippen molar-refractivity contribution in [3.8, 4) is 16.9 Å². The van der Waals surface area contributed by atoms with Gasteiger partial charge in [0.1, 0.15) is 11.3 Å². The molecular formula is C28H21ClN6O3. The highest BCUT2D eigenvalue weighted by molar-refractivity contribution is 6.30. The normalized spacial score (nSPS) is 11.3. The van der Waals surface area contributed by atoms with E-state index in [2.05, 4.69) is 15.4 Å². The summed E-state index contributed by atoms with van der Waals surface area (Å²) in [7, 11) is 0. The number of nitrogens with zero attached hydrogens (tertiary/aromatic N) is 5. The molecule has 38 heavy (non-hydrogen) atoms. The van der Waals surface area contributed by atoms with Gasteiger partial charge in [0.05, 0.1) is 16.6 Å². The smallest absolute Gasteiger partial charge is 0.280 e. The van der Waals surface area contributed by atoms with Crippen LogP contribution < -0.4 is 15.7 Å². The summed E-state index contributed by atoms with van der Waals surface area (Å²) in [6.45, 7) is 1.73. The van der Waals surface area contributed by atoms with Gasteiger partial charge in [-0.3, -0.25) is 20.0 Å².